The van der Waals surface area contributed by atoms with Crippen molar-refractivity contribution in [1.29, 1.82) is 0 Å². The van der Waals surface area contributed by atoms with Gasteiger partial charge in [-0.1, -0.05) is 28.1 Å². The summed E-state index contributed by atoms with van der Waals surface area (Å²) in [5, 5.41) is 7.36. The summed E-state index contributed by atoms with van der Waals surface area (Å²) in [6.07, 6.45) is 2.49. The van der Waals surface area contributed by atoms with Gasteiger partial charge in [0.1, 0.15) is 12.2 Å². The fraction of sp³-hybridized carbons (Fsp3) is 0.385. The molecule has 0 spiro atoms. The van der Waals surface area contributed by atoms with Crippen LogP contribution < -0.4 is 5.32 Å². The SMILES string of the molecule is CNCC(Cc1ncnn1C)c1ccc(Br)cc1. The molecule has 0 aliphatic rings. The molecule has 0 fully saturated rings. The minimum atomic E-state index is 0.408. The van der Waals surface area contributed by atoms with E-state index in [-0.39, 0.29) is 0 Å². The molecule has 0 aliphatic heterocycles. The predicted molar refractivity (Wildman–Crippen MR) is 75.5 cm³/mol. The van der Waals surface area contributed by atoms with Gasteiger partial charge in [0, 0.05) is 30.4 Å². The largest absolute Gasteiger partial charge is 0.319 e. The lowest BCUT2D eigenvalue weighted by molar-refractivity contribution is 0.583. The van der Waals surface area contributed by atoms with Gasteiger partial charge in [0.2, 0.25) is 0 Å². The quantitative estimate of drug-likeness (QED) is 0.920. The fourth-order valence-corrected chi connectivity index (χ4v) is 2.28. The van der Waals surface area contributed by atoms with E-state index in [1.165, 1.54) is 5.56 Å². The molecule has 1 N–H and O–H groups in total. The molecule has 18 heavy (non-hydrogen) atoms. The van der Waals surface area contributed by atoms with Crippen molar-refractivity contribution in [3.05, 3.63) is 46.5 Å². The van der Waals surface area contributed by atoms with Crippen molar-refractivity contribution in [1.82, 2.24) is 20.1 Å². The van der Waals surface area contributed by atoms with Gasteiger partial charge in [0.05, 0.1) is 0 Å². The van der Waals surface area contributed by atoms with Crippen LogP contribution in [-0.2, 0) is 13.5 Å². The number of aromatic nitrogens is 3. The highest BCUT2D eigenvalue weighted by Crippen LogP contribution is 2.21. The van der Waals surface area contributed by atoms with Crippen molar-refractivity contribution >= 4 is 15.9 Å². The Kier molecular flexibility index (Phi) is 4.49. The molecule has 1 heterocycles. The van der Waals surface area contributed by atoms with Crippen molar-refractivity contribution in [3.63, 3.8) is 0 Å². The van der Waals surface area contributed by atoms with Gasteiger partial charge in [-0.05, 0) is 24.7 Å². The average Bonchev–Trinajstić information content (AvgIpc) is 2.76. The van der Waals surface area contributed by atoms with E-state index in [0.29, 0.717) is 5.92 Å². The van der Waals surface area contributed by atoms with Crippen LogP contribution in [0.25, 0.3) is 0 Å². The zero-order chi connectivity index (χ0) is 13.0. The molecule has 1 unspecified atom stereocenters. The number of hydrogen-bond donors (Lipinski definition) is 1. The van der Waals surface area contributed by atoms with E-state index in [1.807, 2.05) is 18.8 Å². The van der Waals surface area contributed by atoms with E-state index in [0.717, 1.165) is 23.3 Å². The summed E-state index contributed by atoms with van der Waals surface area (Å²) in [6.45, 7) is 0.925. The van der Waals surface area contributed by atoms with Crippen LogP contribution >= 0.6 is 15.9 Å². The first kappa shape index (κ1) is 13.2. The summed E-state index contributed by atoms with van der Waals surface area (Å²) >= 11 is 3.46. The van der Waals surface area contributed by atoms with Gasteiger partial charge in [-0.3, -0.25) is 4.68 Å². The fourth-order valence-electron chi connectivity index (χ4n) is 2.01. The van der Waals surface area contributed by atoms with Gasteiger partial charge in [-0.2, -0.15) is 5.10 Å². The van der Waals surface area contributed by atoms with Crippen LogP contribution in [0, 0.1) is 0 Å². The Labute approximate surface area is 116 Å². The van der Waals surface area contributed by atoms with Crippen LogP contribution in [-0.4, -0.2) is 28.4 Å². The number of rotatable bonds is 5. The number of halogens is 1. The summed E-state index contributed by atoms with van der Waals surface area (Å²) < 4.78 is 2.94. The number of nitrogens with one attached hydrogen (secondary N) is 1. The highest BCUT2D eigenvalue weighted by Gasteiger charge is 2.14. The third-order valence-electron chi connectivity index (χ3n) is 3.03. The molecule has 0 bridgehead atoms. The normalized spacial score (nSPS) is 12.6. The maximum absolute atomic E-state index is 4.30. The van der Waals surface area contributed by atoms with Crippen molar-refractivity contribution in [2.45, 2.75) is 12.3 Å². The zero-order valence-corrected chi connectivity index (χ0v) is 12.2. The Hall–Kier alpha value is -1.20. The predicted octanol–water partition coefficient (Wildman–Crippen LogP) is 2.12. The number of likely N-dealkylation sites (N-methyl/N-ethyl adjacent to an activating group) is 1. The highest BCUT2D eigenvalue weighted by atomic mass is 79.9. The van der Waals surface area contributed by atoms with E-state index >= 15 is 0 Å². The van der Waals surface area contributed by atoms with Crippen molar-refractivity contribution < 1.29 is 0 Å². The molecule has 0 amide bonds. The lowest BCUT2D eigenvalue weighted by atomic mass is 9.95. The molecule has 4 nitrogen and oxygen atoms in total. The van der Waals surface area contributed by atoms with E-state index in [4.69, 9.17) is 0 Å². The lowest BCUT2D eigenvalue weighted by Crippen LogP contribution is -2.20. The first-order chi connectivity index (χ1) is 8.70. The molecule has 0 aliphatic carbocycles. The Morgan fingerprint density at radius 1 is 1.33 bits per heavy atom. The molecule has 0 saturated carbocycles. The standard InChI is InChI=1S/C13H17BrN4/c1-15-8-11(7-13-16-9-17-18(13)2)10-3-5-12(14)6-4-10/h3-6,9,11,15H,7-8H2,1-2H3. The van der Waals surface area contributed by atoms with Crippen LogP contribution in [0.5, 0.6) is 0 Å². The van der Waals surface area contributed by atoms with Crippen LogP contribution in [0.15, 0.2) is 35.1 Å². The number of nitrogens with zero attached hydrogens (tertiary/aromatic N) is 3. The third kappa shape index (κ3) is 3.17. The van der Waals surface area contributed by atoms with E-state index in [1.54, 1.807) is 6.33 Å². The molecule has 96 valence electrons. The summed E-state index contributed by atoms with van der Waals surface area (Å²) in [6, 6.07) is 8.47. The average molecular weight is 309 g/mol. The summed E-state index contributed by atoms with van der Waals surface area (Å²) in [5.41, 5.74) is 1.32. The minimum absolute atomic E-state index is 0.408. The van der Waals surface area contributed by atoms with E-state index in [9.17, 15) is 0 Å². The minimum Gasteiger partial charge on any atom is -0.319 e. The zero-order valence-electron chi connectivity index (χ0n) is 10.6. The topological polar surface area (TPSA) is 42.7 Å². The molecule has 1 atom stereocenters. The van der Waals surface area contributed by atoms with Crippen LogP contribution in [0.4, 0.5) is 0 Å². The molecule has 0 saturated heterocycles. The van der Waals surface area contributed by atoms with Crippen molar-refractivity contribution in [2.75, 3.05) is 13.6 Å². The van der Waals surface area contributed by atoms with E-state index in [2.05, 4.69) is 55.6 Å². The maximum Gasteiger partial charge on any atom is 0.138 e. The Balaban J connectivity index is 2.18. The maximum atomic E-state index is 4.30. The number of benzene rings is 1. The summed E-state index contributed by atoms with van der Waals surface area (Å²) in [7, 11) is 3.91. The molecule has 1 aromatic carbocycles. The van der Waals surface area contributed by atoms with Crippen LogP contribution in [0.1, 0.15) is 17.3 Å². The summed E-state index contributed by atoms with van der Waals surface area (Å²) in [4.78, 5) is 4.30. The van der Waals surface area contributed by atoms with Crippen molar-refractivity contribution in [2.24, 2.45) is 7.05 Å². The first-order valence-corrected chi connectivity index (χ1v) is 6.73. The Morgan fingerprint density at radius 2 is 2.06 bits per heavy atom. The van der Waals surface area contributed by atoms with Gasteiger partial charge in [-0.25, -0.2) is 4.98 Å². The third-order valence-corrected chi connectivity index (χ3v) is 3.55. The molecule has 0 radical (unpaired) electrons. The second kappa shape index (κ2) is 6.11. The molecule has 5 heteroatoms. The second-order valence-corrected chi connectivity index (χ2v) is 5.23. The monoisotopic (exact) mass is 308 g/mol. The van der Waals surface area contributed by atoms with Gasteiger partial charge < -0.3 is 5.32 Å². The molecule has 2 rings (SSSR count). The second-order valence-electron chi connectivity index (χ2n) is 4.31. The molecule has 1 aromatic heterocycles. The van der Waals surface area contributed by atoms with Crippen LogP contribution in [0.2, 0.25) is 0 Å². The Bertz CT molecular complexity index is 492. The smallest absolute Gasteiger partial charge is 0.138 e. The molecular formula is C13H17BrN4. The summed E-state index contributed by atoms with van der Waals surface area (Å²) in [5.74, 6) is 1.42. The molecular weight excluding hydrogens is 292 g/mol. The first-order valence-electron chi connectivity index (χ1n) is 5.93. The molecule has 2 aromatic rings. The highest BCUT2D eigenvalue weighted by molar-refractivity contribution is 9.10. The number of aryl methyl sites for hydroxylation is 1. The lowest BCUT2D eigenvalue weighted by Gasteiger charge is -2.16. The Morgan fingerprint density at radius 3 is 2.61 bits per heavy atom. The van der Waals surface area contributed by atoms with Gasteiger partial charge in [0.25, 0.3) is 0 Å². The van der Waals surface area contributed by atoms with Gasteiger partial charge in [-0.15, -0.1) is 0 Å². The van der Waals surface area contributed by atoms with Crippen molar-refractivity contribution in [3.8, 4) is 0 Å². The van der Waals surface area contributed by atoms with Crippen LogP contribution in [0.3, 0.4) is 0 Å². The van der Waals surface area contributed by atoms with Gasteiger partial charge in [0.15, 0.2) is 0 Å². The number of hydrogen-bond acceptors (Lipinski definition) is 3. The van der Waals surface area contributed by atoms with Gasteiger partial charge >= 0.3 is 0 Å². The van der Waals surface area contributed by atoms with E-state index < -0.39 is 0 Å².